The largest absolute Gasteiger partial charge is 1.00 e. The summed E-state index contributed by atoms with van der Waals surface area (Å²) >= 11 is 9.40. The van der Waals surface area contributed by atoms with Crippen LogP contribution in [0.4, 0.5) is 0 Å². The van der Waals surface area contributed by atoms with Crippen LogP contribution in [0, 0.1) is 0 Å². The molecule has 0 saturated heterocycles. The van der Waals surface area contributed by atoms with E-state index in [1.807, 2.05) is 30.3 Å². The number of hydrogen-bond donors (Lipinski definition) is 1. The molecule has 0 heterocycles. The van der Waals surface area contributed by atoms with E-state index in [1.165, 1.54) is 5.56 Å². The summed E-state index contributed by atoms with van der Waals surface area (Å²) in [6.07, 6.45) is 0. The summed E-state index contributed by atoms with van der Waals surface area (Å²) in [4.78, 5) is 0. The Labute approximate surface area is 95.5 Å². The molecule has 0 aliphatic rings. The zero-order valence-corrected chi connectivity index (χ0v) is 8.54. The molecule has 0 aromatic heterocycles. The van der Waals surface area contributed by atoms with Gasteiger partial charge in [-0.2, -0.15) is 0 Å². The molecular formula is C8H8LiNS2. The normalized spacial score (nSPS) is 8.33. The monoisotopic (exact) mass is 189 g/mol. The van der Waals surface area contributed by atoms with Crippen molar-refractivity contribution in [1.29, 1.82) is 0 Å². The Morgan fingerprint density at radius 3 is 2.42 bits per heavy atom. The van der Waals surface area contributed by atoms with E-state index in [0.29, 0.717) is 4.32 Å². The molecule has 0 unspecified atom stereocenters. The number of benzene rings is 1. The zero-order valence-electron chi connectivity index (χ0n) is 6.91. The van der Waals surface area contributed by atoms with Gasteiger partial charge in [0, 0.05) is 6.54 Å². The van der Waals surface area contributed by atoms with E-state index in [1.54, 1.807) is 0 Å². The summed E-state index contributed by atoms with van der Waals surface area (Å²) in [5.41, 5.74) is 1.19. The molecule has 1 rings (SSSR count). The maximum atomic E-state index is 4.70. The van der Waals surface area contributed by atoms with Crippen LogP contribution in [-0.2, 0) is 19.2 Å². The molecular weight excluding hydrogens is 181 g/mol. The van der Waals surface area contributed by atoms with Crippen LogP contribution >= 0.6 is 12.2 Å². The van der Waals surface area contributed by atoms with Gasteiger partial charge in [0.05, 0.1) is 0 Å². The number of hydrogen-bond acceptors (Lipinski definition) is 2. The molecule has 0 atom stereocenters. The first-order valence-electron chi connectivity index (χ1n) is 3.28. The van der Waals surface area contributed by atoms with Crippen molar-refractivity contribution >= 4 is 29.2 Å². The molecule has 1 aromatic carbocycles. The first-order valence-corrected chi connectivity index (χ1v) is 4.09. The summed E-state index contributed by atoms with van der Waals surface area (Å²) < 4.78 is 0.425. The van der Waals surface area contributed by atoms with Gasteiger partial charge in [0.2, 0.25) is 0 Å². The van der Waals surface area contributed by atoms with Gasteiger partial charge in [-0.15, -0.1) is 0 Å². The molecule has 0 bridgehead atoms. The van der Waals surface area contributed by atoms with E-state index in [0.717, 1.165) is 6.54 Å². The van der Waals surface area contributed by atoms with Crippen molar-refractivity contribution in [2.45, 2.75) is 6.54 Å². The summed E-state index contributed by atoms with van der Waals surface area (Å²) in [5.74, 6) is 0. The minimum Gasteiger partial charge on any atom is -0.412 e. The fraction of sp³-hybridized carbons (Fsp3) is 0.125. The molecule has 0 aliphatic carbocycles. The minimum atomic E-state index is 0. The number of nitrogens with one attached hydrogen (secondary N) is 1. The minimum absolute atomic E-state index is 0. The quantitative estimate of drug-likeness (QED) is 0.349. The van der Waals surface area contributed by atoms with Gasteiger partial charge in [-0.1, -0.05) is 34.7 Å². The molecule has 1 N–H and O–H groups in total. The third-order valence-corrected chi connectivity index (χ3v) is 1.57. The van der Waals surface area contributed by atoms with Crippen LogP contribution in [0.3, 0.4) is 0 Å². The Morgan fingerprint density at radius 2 is 1.92 bits per heavy atom. The van der Waals surface area contributed by atoms with E-state index in [2.05, 4.69) is 5.32 Å². The van der Waals surface area contributed by atoms with Gasteiger partial charge in [-0.05, 0) is 5.56 Å². The Bertz CT molecular complexity index is 238. The fourth-order valence-corrected chi connectivity index (χ4v) is 0.914. The van der Waals surface area contributed by atoms with Crippen molar-refractivity contribution in [3.63, 3.8) is 0 Å². The third-order valence-electron chi connectivity index (χ3n) is 1.28. The van der Waals surface area contributed by atoms with Crippen molar-refractivity contribution in [2.24, 2.45) is 0 Å². The zero-order chi connectivity index (χ0) is 8.10. The Morgan fingerprint density at radius 1 is 1.33 bits per heavy atom. The van der Waals surface area contributed by atoms with Gasteiger partial charge in [0.15, 0.2) is 0 Å². The molecule has 4 heteroatoms. The van der Waals surface area contributed by atoms with E-state index < -0.39 is 0 Å². The van der Waals surface area contributed by atoms with Gasteiger partial charge in [0.25, 0.3) is 0 Å². The molecule has 0 saturated carbocycles. The van der Waals surface area contributed by atoms with Gasteiger partial charge < -0.3 is 30.2 Å². The van der Waals surface area contributed by atoms with Gasteiger partial charge in [-0.25, -0.2) is 0 Å². The van der Waals surface area contributed by atoms with Crippen molar-refractivity contribution in [3.8, 4) is 0 Å². The second-order valence-electron chi connectivity index (χ2n) is 2.13. The maximum absolute atomic E-state index is 4.70. The van der Waals surface area contributed by atoms with Crippen molar-refractivity contribution in [1.82, 2.24) is 5.32 Å². The SMILES string of the molecule is S=C([S-])NCc1ccccc1.[Li+]. The van der Waals surface area contributed by atoms with E-state index in [9.17, 15) is 0 Å². The average molecular weight is 189 g/mol. The second-order valence-corrected chi connectivity index (χ2v) is 3.20. The molecule has 1 aromatic rings. The van der Waals surface area contributed by atoms with Crippen LogP contribution in [0.5, 0.6) is 0 Å². The molecule has 58 valence electrons. The number of thiocarbonyl (C=S) groups is 1. The van der Waals surface area contributed by atoms with Crippen LogP contribution in [-0.4, -0.2) is 4.32 Å². The van der Waals surface area contributed by atoms with Crippen LogP contribution in [0.25, 0.3) is 0 Å². The smallest absolute Gasteiger partial charge is 0.412 e. The van der Waals surface area contributed by atoms with Crippen molar-refractivity contribution in [3.05, 3.63) is 35.9 Å². The molecule has 0 fully saturated rings. The predicted molar refractivity (Wildman–Crippen MR) is 53.2 cm³/mol. The van der Waals surface area contributed by atoms with Gasteiger partial charge in [-0.3, -0.25) is 0 Å². The predicted octanol–water partition coefficient (Wildman–Crippen LogP) is -1.39. The van der Waals surface area contributed by atoms with E-state index in [4.69, 9.17) is 24.8 Å². The van der Waals surface area contributed by atoms with E-state index >= 15 is 0 Å². The van der Waals surface area contributed by atoms with Crippen LogP contribution in [0.1, 0.15) is 5.56 Å². The second kappa shape index (κ2) is 6.44. The Balaban J connectivity index is 0.00000121. The standard InChI is InChI=1S/C8H9NS2.Li/c10-8(11)9-6-7-4-2-1-3-5-7;/h1-5H,6H2,(H2,9,10,11);/q;+1/p-1. The molecule has 0 aliphatic heterocycles. The van der Waals surface area contributed by atoms with E-state index in [-0.39, 0.29) is 18.9 Å². The van der Waals surface area contributed by atoms with Gasteiger partial charge >= 0.3 is 18.9 Å². The van der Waals surface area contributed by atoms with Crippen molar-refractivity contribution < 1.29 is 18.9 Å². The topological polar surface area (TPSA) is 12.0 Å². The summed E-state index contributed by atoms with van der Waals surface area (Å²) in [5, 5.41) is 2.91. The summed E-state index contributed by atoms with van der Waals surface area (Å²) in [6.45, 7) is 0.725. The first kappa shape index (κ1) is 11.9. The first-order chi connectivity index (χ1) is 5.29. The van der Waals surface area contributed by atoms with Crippen LogP contribution in [0.15, 0.2) is 30.3 Å². The molecule has 12 heavy (non-hydrogen) atoms. The number of rotatable bonds is 2. The fourth-order valence-electron chi connectivity index (χ4n) is 0.770. The molecule has 0 spiro atoms. The average Bonchev–Trinajstić information content (AvgIpc) is 2.03. The molecule has 0 radical (unpaired) electrons. The third kappa shape index (κ3) is 4.73. The molecule has 1 nitrogen and oxygen atoms in total. The Hall–Kier alpha value is -0.0726. The van der Waals surface area contributed by atoms with Gasteiger partial charge in [0.1, 0.15) is 0 Å². The summed E-state index contributed by atoms with van der Waals surface area (Å²) in [6, 6.07) is 10.0. The van der Waals surface area contributed by atoms with Crippen LogP contribution in [0.2, 0.25) is 0 Å². The summed E-state index contributed by atoms with van der Waals surface area (Å²) in [7, 11) is 0. The maximum Gasteiger partial charge on any atom is 1.00 e. The molecule has 0 amide bonds. The Kier molecular flexibility index (Phi) is 6.41. The van der Waals surface area contributed by atoms with Crippen molar-refractivity contribution in [2.75, 3.05) is 0 Å². The van der Waals surface area contributed by atoms with Crippen LogP contribution < -0.4 is 24.2 Å².